The summed E-state index contributed by atoms with van der Waals surface area (Å²) in [6.07, 6.45) is 10.5. The molecule has 4 saturated carbocycles. The maximum atomic E-state index is 11.7. The highest BCUT2D eigenvalue weighted by atomic mass is 16.4. The van der Waals surface area contributed by atoms with Crippen LogP contribution in [0.15, 0.2) is 0 Å². The fourth-order valence-electron chi connectivity index (χ4n) is 8.06. The van der Waals surface area contributed by atoms with E-state index in [4.69, 9.17) is 0 Å². The van der Waals surface area contributed by atoms with Crippen LogP contribution in [-0.4, -0.2) is 22.8 Å². The molecule has 0 amide bonds. The summed E-state index contributed by atoms with van der Waals surface area (Å²) in [6, 6.07) is 0. The minimum atomic E-state index is -0.552. The van der Waals surface area contributed by atoms with E-state index < -0.39 is 5.97 Å². The standard InChI is InChI=1S/C20H32O3/c1-18(12-21)7-3-8-19(2)15(18)6-9-20-10-13(4-5-16(19)20)14(11-20)17(22)23/h13-16,21H,3-12H2,1-2H3,(H,22,23)/t13-,14-,15+,16-,18-,19+,20+/m0/s1. The van der Waals surface area contributed by atoms with Gasteiger partial charge in [0.25, 0.3) is 0 Å². The van der Waals surface area contributed by atoms with E-state index in [0.29, 0.717) is 35.2 Å². The van der Waals surface area contributed by atoms with Crippen molar-refractivity contribution in [3.63, 3.8) is 0 Å². The highest BCUT2D eigenvalue weighted by molar-refractivity contribution is 5.71. The number of hydrogen-bond acceptors (Lipinski definition) is 2. The van der Waals surface area contributed by atoms with Gasteiger partial charge >= 0.3 is 5.97 Å². The fraction of sp³-hybridized carbons (Fsp3) is 0.950. The number of aliphatic hydroxyl groups is 1. The van der Waals surface area contributed by atoms with E-state index in [-0.39, 0.29) is 11.3 Å². The number of fused-ring (bicyclic) bond motifs is 3. The van der Waals surface area contributed by atoms with E-state index in [0.717, 1.165) is 25.7 Å². The fourth-order valence-corrected chi connectivity index (χ4v) is 8.06. The number of carboxylic acids is 1. The first-order valence-corrected chi connectivity index (χ1v) is 9.68. The molecule has 2 bridgehead atoms. The maximum Gasteiger partial charge on any atom is 0.306 e. The Morgan fingerprint density at radius 3 is 2.52 bits per heavy atom. The lowest BCUT2D eigenvalue weighted by Gasteiger charge is -2.64. The molecular weight excluding hydrogens is 288 g/mol. The minimum absolute atomic E-state index is 0.0796. The van der Waals surface area contributed by atoms with Gasteiger partial charge in [-0.05, 0) is 85.4 Å². The van der Waals surface area contributed by atoms with E-state index in [1.54, 1.807) is 0 Å². The second kappa shape index (κ2) is 4.97. The van der Waals surface area contributed by atoms with Crippen molar-refractivity contribution >= 4 is 5.97 Å². The summed E-state index contributed by atoms with van der Waals surface area (Å²) in [7, 11) is 0. The average molecular weight is 320 g/mol. The van der Waals surface area contributed by atoms with Gasteiger partial charge in [0.2, 0.25) is 0 Å². The second-order valence-corrected chi connectivity index (χ2v) is 9.87. The first-order valence-electron chi connectivity index (χ1n) is 9.68. The SMILES string of the molecule is C[C@@]1(CO)CCC[C@]2(C)[C@@H]1CC[C@]13C[C@H](CC[C@H]12)[C@@H](C(=O)O)C3. The van der Waals surface area contributed by atoms with Gasteiger partial charge in [0.05, 0.1) is 5.92 Å². The lowest BCUT2D eigenvalue weighted by Crippen LogP contribution is -2.57. The lowest BCUT2D eigenvalue weighted by molar-refractivity contribution is -0.159. The monoisotopic (exact) mass is 320 g/mol. The molecule has 130 valence electrons. The van der Waals surface area contributed by atoms with Crippen LogP contribution in [0, 0.1) is 39.9 Å². The zero-order chi connectivity index (χ0) is 16.5. The second-order valence-electron chi connectivity index (χ2n) is 9.87. The summed E-state index contributed by atoms with van der Waals surface area (Å²) in [4.78, 5) is 11.7. The molecule has 4 aliphatic carbocycles. The molecule has 0 saturated heterocycles. The van der Waals surface area contributed by atoms with Crippen LogP contribution in [0.1, 0.15) is 71.6 Å². The van der Waals surface area contributed by atoms with Crippen LogP contribution in [0.3, 0.4) is 0 Å². The third-order valence-electron chi connectivity index (χ3n) is 8.94. The summed E-state index contributed by atoms with van der Waals surface area (Å²) in [5, 5.41) is 19.7. The number of rotatable bonds is 2. The van der Waals surface area contributed by atoms with Gasteiger partial charge in [-0.2, -0.15) is 0 Å². The number of carboxylic acid groups (broad SMARTS) is 1. The van der Waals surface area contributed by atoms with E-state index in [1.165, 1.54) is 32.1 Å². The molecule has 1 spiro atoms. The highest BCUT2D eigenvalue weighted by Crippen LogP contribution is 2.72. The topological polar surface area (TPSA) is 57.5 Å². The zero-order valence-corrected chi connectivity index (χ0v) is 14.7. The Bertz CT molecular complexity index is 517. The average Bonchev–Trinajstić information content (AvgIpc) is 2.78. The van der Waals surface area contributed by atoms with Crippen molar-refractivity contribution in [2.24, 2.45) is 39.9 Å². The minimum Gasteiger partial charge on any atom is -0.481 e. The molecule has 4 rings (SSSR count). The Kier molecular flexibility index (Phi) is 3.44. The Morgan fingerprint density at radius 1 is 1.04 bits per heavy atom. The van der Waals surface area contributed by atoms with Crippen molar-refractivity contribution in [2.75, 3.05) is 6.61 Å². The Hall–Kier alpha value is -0.570. The third-order valence-corrected chi connectivity index (χ3v) is 8.94. The predicted molar refractivity (Wildman–Crippen MR) is 88.9 cm³/mol. The van der Waals surface area contributed by atoms with Crippen LogP contribution in [0.25, 0.3) is 0 Å². The molecule has 0 heterocycles. The van der Waals surface area contributed by atoms with Gasteiger partial charge in [0, 0.05) is 6.61 Å². The molecule has 0 unspecified atom stereocenters. The van der Waals surface area contributed by atoms with Gasteiger partial charge < -0.3 is 10.2 Å². The third kappa shape index (κ3) is 2.01. The van der Waals surface area contributed by atoms with Crippen molar-refractivity contribution in [1.29, 1.82) is 0 Å². The van der Waals surface area contributed by atoms with Crippen molar-refractivity contribution in [3.05, 3.63) is 0 Å². The van der Waals surface area contributed by atoms with Gasteiger partial charge in [-0.1, -0.05) is 20.3 Å². The van der Waals surface area contributed by atoms with Crippen LogP contribution in [-0.2, 0) is 4.79 Å². The van der Waals surface area contributed by atoms with E-state index in [1.807, 2.05) is 0 Å². The molecule has 4 aliphatic rings. The van der Waals surface area contributed by atoms with Crippen molar-refractivity contribution in [1.82, 2.24) is 0 Å². The summed E-state index contributed by atoms with van der Waals surface area (Å²) >= 11 is 0. The molecule has 0 aromatic rings. The van der Waals surface area contributed by atoms with Crippen LogP contribution in [0.4, 0.5) is 0 Å². The first kappa shape index (κ1) is 15.9. The molecular formula is C20H32O3. The summed E-state index contributed by atoms with van der Waals surface area (Å²) in [5.74, 6) is 1.08. The molecule has 7 atom stereocenters. The molecule has 0 aromatic heterocycles. The van der Waals surface area contributed by atoms with E-state index in [2.05, 4.69) is 13.8 Å². The lowest BCUT2D eigenvalue weighted by atomic mass is 9.41. The first-order chi connectivity index (χ1) is 10.8. The molecule has 0 aromatic carbocycles. The largest absolute Gasteiger partial charge is 0.481 e. The molecule has 0 radical (unpaired) electrons. The molecule has 0 aliphatic heterocycles. The number of aliphatic carboxylic acids is 1. The smallest absolute Gasteiger partial charge is 0.306 e. The normalized spacial score (nSPS) is 55.1. The maximum absolute atomic E-state index is 11.7. The van der Waals surface area contributed by atoms with Gasteiger partial charge in [-0.25, -0.2) is 0 Å². The van der Waals surface area contributed by atoms with Crippen molar-refractivity contribution in [2.45, 2.75) is 71.6 Å². The number of hydrogen-bond donors (Lipinski definition) is 2. The number of carbonyl (C=O) groups is 1. The van der Waals surface area contributed by atoms with Crippen LogP contribution < -0.4 is 0 Å². The van der Waals surface area contributed by atoms with Crippen LogP contribution >= 0.6 is 0 Å². The van der Waals surface area contributed by atoms with Crippen molar-refractivity contribution in [3.8, 4) is 0 Å². The quantitative estimate of drug-likeness (QED) is 0.805. The van der Waals surface area contributed by atoms with E-state index in [9.17, 15) is 15.0 Å². The predicted octanol–water partition coefficient (Wildman–Crippen LogP) is 4.09. The highest BCUT2D eigenvalue weighted by Gasteiger charge is 2.65. The Morgan fingerprint density at radius 2 is 1.83 bits per heavy atom. The summed E-state index contributed by atoms with van der Waals surface area (Å²) in [5.41, 5.74) is 0.688. The van der Waals surface area contributed by atoms with Crippen LogP contribution in [0.2, 0.25) is 0 Å². The zero-order valence-electron chi connectivity index (χ0n) is 14.7. The van der Waals surface area contributed by atoms with Gasteiger partial charge in [0.15, 0.2) is 0 Å². The Labute approximate surface area is 139 Å². The summed E-state index contributed by atoms with van der Waals surface area (Å²) in [6.45, 7) is 5.10. The van der Waals surface area contributed by atoms with Crippen LogP contribution in [0.5, 0.6) is 0 Å². The van der Waals surface area contributed by atoms with Gasteiger partial charge in [0.1, 0.15) is 0 Å². The number of aliphatic hydroxyl groups excluding tert-OH is 1. The molecule has 3 nitrogen and oxygen atoms in total. The molecule has 2 N–H and O–H groups in total. The van der Waals surface area contributed by atoms with E-state index >= 15 is 0 Å². The van der Waals surface area contributed by atoms with Gasteiger partial charge in [-0.3, -0.25) is 4.79 Å². The Balaban J connectivity index is 1.69. The van der Waals surface area contributed by atoms with Gasteiger partial charge in [-0.15, -0.1) is 0 Å². The molecule has 23 heavy (non-hydrogen) atoms. The van der Waals surface area contributed by atoms with Crippen molar-refractivity contribution < 1.29 is 15.0 Å². The molecule has 3 heteroatoms. The molecule has 4 fully saturated rings. The summed E-state index contributed by atoms with van der Waals surface area (Å²) < 4.78 is 0.